The van der Waals surface area contributed by atoms with Crippen LogP contribution >= 0.6 is 0 Å². The Kier molecular flexibility index (Phi) is 11.2. The van der Waals surface area contributed by atoms with Gasteiger partial charge in [-0.2, -0.15) is 0 Å². The Morgan fingerprint density at radius 1 is 1.24 bits per heavy atom. The largest absolute Gasteiger partial charge is 0.392 e. The molecule has 4 heteroatoms. The molecule has 0 aliphatic heterocycles. The number of carbonyl (C=O) groups excluding carboxylic acids is 1. The van der Waals surface area contributed by atoms with Crippen LogP contribution in [0.4, 0.5) is 0 Å². The van der Waals surface area contributed by atoms with Crippen LogP contribution in [0.15, 0.2) is 23.8 Å². The average molecular weight is 462 g/mol. The molecule has 2 aliphatic rings. The van der Waals surface area contributed by atoms with Gasteiger partial charge in [0.2, 0.25) is 5.91 Å². The second-order valence-corrected chi connectivity index (χ2v) is 11.9. The highest BCUT2D eigenvalue weighted by Crippen LogP contribution is 2.48. The maximum absolute atomic E-state index is 12.3. The summed E-state index contributed by atoms with van der Waals surface area (Å²) in [6.45, 7) is 10.6. The van der Waals surface area contributed by atoms with E-state index in [1.54, 1.807) is 0 Å². The Hall–Kier alpha value is -1.13. The van der Waals surface area contributed by atoms with Crippen LogP contribution in [-0.4, -0.2) is 45.8 Å². The molecule has 0 aromatic heterocycles. The topological polar surface area (TPSA) is 60.8 Å². The lowest BCUT2D eigenvalue weighted by molar-refractivity contribution is -0.134. The molecule has 2 aliphatic carbocycles. The van der Waals surface area contributed by atoms with Gasteiger partial charge in [-0.15, -0.1) is 0 Å². The molecular formula is C29H51NO3. The van der Waals surface area contributed by atoms with Gasteiger partial charge in [0, 0.05) is 24.9 Å². The number of unbranched alkanes of at least 4 members (excludes halogenated alkanes) is 3. The van der Waals surface area contributed by atoms with Crippen molar-refractivity contribution >= 4 is 5.91 Å². The van der Waals surface area contributed by atoms with Gasteiger partial charge in [0.1, 0.15) is 0 Å². The highest BCUT2D eigenvalue weighted by molar-refractivity contribution is 5.76. The van der Waals surface area contributed by atoms with Crippen molar-refractivity contribution in [2.24, 2.45) is 23.7 Å². The van der Waals surface area contributed by atoms with Crippen LogP contribution in [-0.2, 0) is 4.79 Å². The minimum absolute atomic E-state index is 0.109. The SMILES string of the molecule is CCCC[C@H](C)C[C@H](O)/C=C/[C@@H]1[C@H]2CC(CCCCCC(=O)N(C)C(C)(C)C)=C[C@H]2C[C@H]1O. The molecule has 0 unspecified atom stereocenters. The number of hydrogen-bond donors (Lipinski definition) is 2. The summed E-state index contributed by atoms with van der Waals surface area (Å²) in [5.41, 5.74) is 1.42. The summed E-state index contributed by atoms with van der Waals surface area (Å²) in [7, 11) is 1.90. The van der Waals surface area contributed by atoms with Gasteiger partial charge in [-0.1, -0.05) is 63.3 Å². The van der Waals surface area contributed by atoms with Crippen molar-refractivity contribution in [2.75, 3.05) is 7.05 Å². The molecule has 6 atom stereocenters. The quantitative estimate of drug-likeness (QED) is 0.251. The molecule has 33 heavy (non-hydrogen) atoms. The second-order valence-electron chi connectivity index (χ2n) is 11.9. The van der Waals surface area contributed by atoms with Crippen molar-refractivity contribution in [3.8, 4) is 0 Å². The first kappa shape index (κ1) is 28.1. The lowest BCUT2D eigenvalue weighted by Gasteiger charge is -2.32. The average Bonchev–Trinajstić information content (AvgIpc) is 3.25. The minimum atomic E-state index is -0.406. The maximum atomic E-state index is 12.3. The Labute approximate surface area is 203 Å². The molecule has 1 saturated carbocycles. The predicted octanol–water partition coefficient (Wildman–Crippen LogP) is 6.27. The van der Waals surface area contributed by atoms with Crippen molar-refractivity contribution in [3.63, 3.8) is 0 Å². The third kappa shape index (κ3) is 8.87. The number of allylic oxidation sites excluding steroid dienone is 2. The highest BCUT2D eigenvalue weighted by Gasteiger charge is 2.43. The van der Waals surface area contributed by atoms with Crippen LogP contribution in [0.1, 0.15) is 105 Å². The molecular weight excluding hydrogens is 410 g/mol. The number of aliphatic hydroxyl groups is 2. The van der Waals surface area contributed by atoms with Crippen molar-refractivity contribution in [1.82, 2.24) is 4.90 Å². The summed E-state index contributed by atoms with van der Waals surface area (Å²) in [6, 6.07) is 0. The molecule has 1 amide bonds. The van der Waals surface area contributed by atoms with Crippen molar-refractivity contribution in [3.05, 3.63) is 23.8 Å². The molecule has 0 saturated heterocycles. The smallest absolute Gasteiger partial charge is 0.222 e. The van der Waals surface area contributed by atoms with Crippen molar-refractivity contribution in [2.45, 2.75) is 123 Å². The van der Waals surface area contributed by atoms with Crippen LogP contribution in [0.25, 0.3) is 0 Å². The molecule has 0 spiro atoms. The summed E-state index contributed by atoms with van der Waals surface area (Å²) >= 11 is 0. The van der Waals surface area contributed by atoms with E-state index >= 15 is 0 Å². The molecule has 2 rings (SSSR count). The molecule has 4 nitrogen and oxygen atoms in total. The fourth-order valence-corrected chi connectivity index (χ4v) is 5.56. The lowest BCUT2D eigenvalue weighted by atomic mass is 9.88. The van der Waals surface area contributed by atoms with Gasteiger partial charge in [0.15, 0.2) is 0 Å². The zero-order valence-electron chi connectivity index (χ0n) is 22.2. The molecule has 190 valence electrons. The zero-order valence-corrected chi connectivity index (χ0v) is 22.2. The van der Waals surface area contributed by atoms with Crippen molar-refractivity contribution < 1.29 is 15.0 Å². The number of fused-ring (bicyclic) bond motifs is 1. The third-order valence-electron chi connectivity index (χ3n) is 7.97. The van der Waals surface area contributed by atoms with Gasteiger partial charge in [-0.25, -0.2) is 0 Å². The second kappa shape index (κ2) is 13.1. The zero-order chi connectivity index (χ0) is 24.6. The number of rotatable bonds is 13. The molecule has 0 aromatic rings. The van der Waals surface area contributed by atoms with Crippen LogP contribution in [0.5, 0.6) is 0 Å². The molecule has 1 fully saturated rings. The number of carbonyl (C=O) groups is 1. The summed E-state index contributed by atoms with van der Waals surface area (Å²) in [6.07, 6.45) is 17.0. The van der Waals surface area contributed by atoms with E-state index in [9.17, 15) is 15.0 Å². The molecule has 0 aromatic carbocycles. The Balaban J connectivity index is 1.72. The first-order valence-corrected chi connectivity index (χ1v) is 13.5. The van der Waals surface area contributed by atoms with E-state index in [1.165, 1.54) is 24.8 Å². The fraction of sp³-hybridized carbons (Fsp3) is 0.828. The van der Waals surface area contributed by atoms with E-state index in [0.717, 1.165) is 44.9 Å². The highest BCUT2D eigenvalue weighted by atomic mass is 16.3. The minimum Gasteiger partial charge on any atom is -0.392 e. The molecule has 0 heterocycles. The third-order valence-corrected chi connectivity index (χ3v) is 7.97. The molecule has 0 bridgehead atoms. The van der Waals surface area contributed by atoms with Crippen LogP contribution in [0.2, 0.25) is 0 Å². The van der Waals surface area contributed by atoms with E-state index < -0.39 is 6.10 Å². The van der Waals surface area contributed by atoms with Gasteiger partial charge < -0.3 is 15.1 Å². The van der Waals surface area contributed by atoms with E-state index in [-0.39, 0.29) is 23.5 Å². The normalized spacial score (nSPS) is 27.0. The number of amides is 1. The van der Waals surface area contributed by atoms with E-state index in [0.29, 0.717) is 24.2 Å². The fourth-order valence-electron chi connectivity index (χ4n) is 5.56. The van der Waals surface area contributed by atoms with E-state index in [4.69, 9.17) is 0 Å². The van der Waals surface area contributed by atoms with Gasteiger partial charge in [-0.3, -0.25) is 4.79 Å². The Bertz CT molecular complexity index is 662. The van der Waals surface area contributed by atoms with Crippen LogP contribution in [0.3, 0.4) is 0 Å². The van der Waals surface area contributed by atoms with Gasteiger partial charge in [-0.05, 0) is 77.0 Å². The first-order chi connectivity index (χ1) is 15.5. The molecule has 0 radical (unpaired) electrons. The van der Waals surface area contributed by atoms with Gasteiger partial charge in [0.25, 0.3) is 0 Å². The summed E-state index contributed by atoms with van der Waals surface area (Å²) in [5, 5.41) is 21.0. The lowest BCUT2D eigenvalue weighted by Crippen LogP contribution is -2.42. The first-order valence-electron chi connectivity index (χ1n) is 13.5. The van der Waals surface area contributed by atoms with Gasteiger partial charge >= 0.3 is 0 Å². The van der Waals surface area contributed by atoms with Gasteiger partial charge in [0.05, 0.1) is 12.2 Å². The summed E-state index contributed by atoms with van der Waals surface area (Å²) < 4.78 is 0. The van der Waals surface area contributed by atoms with E-state index in [2.05, 4.69) is 46.8 Å². The monoisotopic (exact) mass is 461 g/mol. The number of aliphatic hydroxyl groups excluding tert-OH is 2. The summed E-state index contributed by atoms with van der Waals surface area (Å²) in [5.74, 6) is 1.90. The maximum Gasteiger partial charge on any atom is 0.222 e. The molecule has 2 N–H and O–H groups in total. The standard InChI is InChI=1S/C29H51NO3/c1-7-8-12-21(2)17-24(31)15-16-25-26-19-22(18-23(26)20-27(25)32)13-10-9-11-14-28(33)30(6)29(3,4)5/h15-16,18,21,23-27,31-32H,7-14,17,19-20H2,1-6H3/b16-15+/t21-,23-,24+,25+,26-,27+/m0/s1. The number of hydrogen-bond acceptors (Lipinski definition) is 3. The van der Waals surface area contributed by atoms with Crippen LogP contribution in [0, 0.1) is 23.7 Å². The number of nitrogens with zero attached hydrogens (tertiary/aromatic N) is 1. The Morgan fingerprint density at radius 2 is 1.97 bits per heavy atom. The summed E-state index contributed by atoms with van der Waals surface area (Å²) in [4.78, 5) is 14.1. The van der Waals surface area contributed by atoms with Crippen molar-refractivity contribution in [1.29, 1.82) is 0 Å². The van der Waals surface area contributed by atoms with Crippen LogP contribution < -0.4 is 0 Å². The Morgan fingerprint density at radius 3 is 2.64 bits per heavy atom. The van der Waals surface area contributed by atoms with E-state index in [1.807, 2.05) is 18.0 Å². The predicted molar refractivity (Wildman–Crippen MR) is 138 cm³/mol.